The minimum atomic E-state index is -0.306. The number of benzene rings is 1. The van der Waals surface area contributed by atoms with Crippen molar-refractivity contribution in [2.45, 2.75) is 18.9 Å². The molecule has 0 spiro atoms. The van der Waals surface area contributed by atoms with Crippen molar-refractivity contribution in [1.82, 2.24) is 9.88 Å². The van der Waals surface area contributed by atoms with Gasteiger partial charge in [-0.3, -0.25) is 4.98 Å². The molecule has 0 aliphatic carbocycles. The molecule has 0 radical (unpaired) electrons. The molecule has 1 aromatic heterocycles. The summed E-state index contributed by atoms with van der Waals surface area (Å²) in [5.41, 5.74) is 0. The van der Waals surface area contributed by atoms with E-state index in [1.165, 1.54) is 6.07 Å². The maximum absolute atomic E-state index is 14.0. The average Bonchev–Trinajstić information content (AvgIpc) is 2.42. The molecule has 100 valence electrons. The summed E-state index contributed by atoms with van der Waals surface area (Å²) in [6, 6.07) is 5.13. The Balaban J connectivity index is 1.82. The van der Waals surface area contributed by atoms with Crippen LogP contribution in [0.15, 0.2) is 30.6 Å². The lowest BCUT2D eigenvalue weighted by atomic mass is 10.1. The number of hydrogen-bond acceptors (Lipinski definition) is 3. The van der Waals surface area contributed by atoms with Gasteiger partial charge >= 0.3 is 0 Å². The zero-order valence-electron chi connectivity index (χ0n) is 11.0. The third-order valence-corrected chi connectivity index (χ3v) is 3.65. The highest BCUT2D eigenvalue weighted by molar-refractivity contribution is 5.83. The van der Waals surface area contributed by atoms with Gasteiger partial charge in [-0.05, 0) is 43.5 Å². The Kier molecular flexibility index (Phi) is 3.34. The molecule has 19 heavy (non-hydrogen) atoms. The van der Waals surface area contributed by atoms with Gasteiger partial charge in [0.2, 0.25) is 0 Å². The first-order valence-electron chi connectivity index (χ1n) is 6.61. The molecule has 3 nitrogen and oxygen atoms in total. The van der Waals surface area contributed by atoms with Gasteiger partial charge in [0.15, 0.2) is 11.6 Å². The van der Waals surface area contributed by atoms with Gasteiger partial charge in [-0.2, -0.15) is 0 Å². The maximum atomic E-state index is 14.0. The first-order chi connectivity index (χ1) is 9.22. The molecule has 0 bridgehead atoms. The molecule has 0 atom stereocenters. The summed E-state index contributed by atoms with van der Waals surface area (Å²) in [5, 5.41) is 1.76. The SMILES string of the molecule is CN1CCC(Oc2cc3ccncc3cc2F)CC1. The highest BCUT2D eigenvalue weighted by atomic mass is 19.1. The minimum absolute atomic E-state index is 0.116. The second-order valence-electron chi connectivity index (χ2n) is 5.13. The normalized spacial score (nSPS) is 17.8. The molecular weight excluding hydrogens is 243 g/mol. The van der Waals surface area contributed by atoms with E-state index >= 15 is 0 Å². The molecule has 0 saturated carbocycles. The van der Waals surface area contributed by atoms with Crippen molar-refractivity contribution >= 4 is 10.8 Å². The van der Waals surface area contributed by atoms with E-state index in [1.807, 2.05) is 6.07 Å². The van der Waals surface area contributed by atoms with Crippen LogP contribution in [0.4, 0.5) is 4.39 Å². The van der Waals surface area contributed by atoms with Gasteiger partial charge in [0.05, 0.1) is 0 Å². The lowest BCUT2D eigenvalue weighted by Crippen LogP contribution is -2.35. The van der Waals surface area contributed by atoms with E-state index in [0.717, 1.165) is 36.7 Å². The van der Waals surface area contributed by atoms with Gasteiger partial charge in [-0.1, -0.05) is 0 Å². The average molecular weight is 260 g/mol. The summed E-state index contributed by atoms with van der Waals surface area (Å²) < 4.78 is 19.8. The second kappa shape index (κ2) is 5.13. The number of nitrogens with zero attached hydrogens (tertiary/aromatic N) is 2. The van der Waals surface area contributed by atoms with Crippen LogP contribution in [0.1, 0.15) is 12.8 Å². The Morgan fingerprint density at radius 2 is 2.05 bits per heavy atom. The van der Waals surface area contributed by atoms with Crippen molar-refractivity contribution in [2.75, 3.05) is 20.1 Å². The Labute approximate surface area is 112 Å². The molecule has 2 heterocycles. The van der Waals surface area contributed by atoms with Crippen molar-refractivity contribution < 1.29 is 9.13 Å². The number of fused-ring (bicyclic) bond motifs is 1. The smallest absolute Gasteiger partial charge is 0.165 e. The molecular formula is C15H17FN2O. The van der Waals surface area contributed by atoms with Crippen molar-refractivity contribution in [3.63, 3.8) is 0 Å². The molecule has 0 N–H and O–H groups in total. The van der Waals surface area contributed by atoms with Gasteiger partial charge in [0, 0.05) is 30.9 Å². The number of piperidine rings is 1. The summed E-state index contributed by atoms with van der Waals surface area (Å²) in [6.07, 6.45) is 5.39. The highest BCUT2D eigenvalue weighted by Crippen LogP contribution is 2.26. The zero-order valence-corrected chi connectivity index (χ0v) is 11.0. The van der Waals surface area contributed by atoms with Crippen molar-refractivity contribution in [3.8, 4) is 5.75 Å². The number of halogens is 1. The van der Waals surface area contributed by atoms with E-state index in [-0.39, 0.29) is 11.9 Å². The molecule has 1 aliphatic rings. The monoisotopic (exact) mass is 260 g/mol. The fourth-order valence-corrected chi connectivity index (χ4v) is 2.46. The summed E-state index contributed by atoms with van der Waals surface area (Å²) in [6.45, 7) is 2.01. The van der Waals surface area contributed by atoms with E-state index in [1.54, 1.807) is 18.5 Å². The van der Waals surface area contributed by atoms with Gasteiger partial charge in [0.1, 0.15) is 6.10 Å². The van der Waals surface area contributed by atoms with Crippen LogP contribution in [0.2, 0.25) is 0 Å². The third-order valence-electron chi connectivity index (χ3n) is 3.65. The van der Waals surface area contributed by atoms with Gasteiger partial charge in [0.25, 0.3) is 0 Å². The molecule has 4 heteroatoms. The van der Waals surface area contributed by atoms with E-state index in [2.05, 4.69) is 16.9 Å². The standard InChI is InChI=1S/C15H17FN2O/c1-18-6-3-13(4-7-18)19-15-9-11-2-5-17-10-12(11)8-14(15)16/h2,5,8-10,13H,3-4,6-7H2,1H3. The van der Waals surface area contributed by atoms with Crippen molar-refractivity contribution in [3.05, 3.63) is 36.4 Å². The van der Waals surface area contributed by atoms with Gasteiger partial charge in [-0.15, -0.1) is 0 Å². The topological polar surface area (TPSA) is 25.4 Å². The molecule has 3 rings (SSSR count). The van der Waals surface area contributed by atoms with E-state index in [4.69, 9.17) is 4.74 Å². The van der Waals surface area contributed by atoms with Crippen LogP contribution in [-0.2, 0) is 0 Å². The predicted molar refractivity (Wildman–Crippen MR) is 72.8 cm³/mol. The number of rotatable bonds is 2. The fraction of sp³-hybridized carbons (Fsp3) is 0.400. The van der Waals surface area contributed by atoms with Gasteiger partial charge in [-0.25, -0.2) is 4.39 Å². The van der Waals surface area contributed by atoms with Crippen molar-refractivity contribution in [2.24, 2.45) is 0 Å². The van der Waals surface area contributed by atoms with Crippen LogP contribution in [0, 0.1) is 5.82 Å². The zero-order chi connectivity index (χ0) is 13.2. The van der Waals surface area contributed by atoms with Crippen LogP contribution in [0.3, 0.4) is 0 Å². The largest absolute Gasteiger partial charge is 0.487 e. The Morgan fingerprint density at radius 1 is 1.26 bits per heavy atom. The molecule has 1 aliphatic heterocycles. The summed E-state index contributed by atoms with van der Waals surface area (Å²) in [7, 11) is 2.10. The van der Waals surface area contributed by atoms with E-state index in [9.17, 15) is 4.39 Å². The Bertz CT molecular complexity index is 579. The number of aromatic nitrogens is 1. The molecule has 1 saturated heterocycles. The highest BCUT2D eigenvalue weighted by Gasteiger charge is 2.19. The molecule has 1 aromatic carbocycles. The fourth-order valence-electron chi connectivity index (χ4n) is 2.46. The number of ether oxygens (including phenoxy) is 1. The number of hydrogen-bond donors (Lipinski definition) is 0. The lowest BCUT2D eigenvalue weighted by molar-refractivity contribution is 0.110. The number of pyridine rings is 1. The summed E-state index contributed by atoms with van der Waals surface area (Å²) in [5.74, 6) is 0.0488. The van der Waals surface area contributed by atoms with Crippen molar-refractivity contribution in [1.29, 1.82) is 0 Å². The quantitative estimate of drug-likeness (QED) is 0.830. The van der Waals surface area contributed by atoms with Crippen LogP contribution in [-0.4, -0.2) is 36.1 Å². The van der Waals surface area contributed by atoms with E-state index < -0.39 is 0 Å². The van der Waals surface area contributed by atoms with Crippen LogP contribution >= 0.6 is 0 Å². The molecule has 2 aromatic rings. The molecule has 0 unspecified atom stereocenters. The summed E-state index contributed by atoms with van der Waals surface area (Å²) in [4.78, 5) is 6.26. The molecule has 1 fully saturated rings. The first kappa shape index (κ1) is 12.4. The van der Waals surface area contributed by atoms with Crippen LogP contribution < -0.4 is 4.74 Å². The predicted octanol–water partition coefficient (Wildman–Crippen LogP) is 2.85. The molecule has 0 amide bonds. The van der Waals surface area contributed by atoms with Gasteiger partial charge < -0.3 is 9.64 Å². The maximum Gasteiger partial charge on any atom is 0.165 e. The number of likely N-dealkylation sites (tertiary alicyclic amines) is 1. The first-order valence-corrected chi connectivity index (χ1v) is 6.61. The van der Waals surface area contributed by atoms with Crippen LogP contribution in [0.25, 0.3) is 10.8 Å². The lowest BCUT2D eigenvalue weighted by Gasteiger charge is -2.29. The Hall–Kier alpha value is -1.68. The minimum Gasteiger partial charge on any atom is -0.487 e. The third kappa shape index (κ3) is 2.68. The van der Waals surface area contributed by atoms with Crippen LogP contribution in [0.5, 0.6) is 5.75 Å². The van der Waals surface area contributed by atoms with E-state index in [0.29, 0.717) is 5.75 Å². The Morgan fingerprint density at radius 3 is 2.84 bits per heavy atom. The summed E-state index contributed by atoms with van der Waals surface area (Å²) >= 11 is 0. The second-order valence-corrected chi connectivity index (χ2v) is 5.13.